The van der Waals surface area contributed by atoms with Crippen LogP contribution in [0.2, 0.25) is 10.0 Å². The minimum Gasteiger partial charge on any atom is -0.276 e. The number of rotatable bonds is 2. The fourth-order valence-corrected chi connectivity index (χ4v) is 1.33. The molecule has 0 unspecified atom stereocenters. The second kappa shape index (κ2) is 5.37. The van der Waals surface area contributed by atoms with Crippen LogP contribution in [0.15, 0.2) is 17.2 Å². The first-order chi connectivity index (χ1) is 7.60. The van der Waals surface area contributed by atoms with Gasteiger partial charge in [0.05, 0.1) is 15.7 Å². The van der Waals surface area contributed by atoms with Crippen molar-refractivity contribution in [2.45, 2.75) is 6.92 Å². The molecule has 1 rings (SSSR count). The van der Waals surface area contributed by atoms with Gasteiger partial charge in [0.25, 0.3) is 0 Å². The summed E-state index contributed by atoms with van der Waals surface area (Å²) in [4.78, 5) is 0. The lowest BCUT2D eigenvalue weighted by molar-refractivity contribution is 1.30. The van der Waals surface area contributed by atoms with Crippen LogP contribution in [0, 0.1) is 29.6 Å². The Hall–Kier alpha value is -1.75. The summed E-state index contributed by atoms with van der Waals surface area (Å²) >= 11 is 11.7. The summed E-state index contributed by atoms with van der Waals surface area (Å²) in [6.07, 6.45) is 0. The molecule has 1 N–H and O–H groups in total. The van der Waals surface area contributed by atoms with Crippen molar-refractivity contribution in [3.05, 3.63) is 27.7 Å². The van der Waals surface area contributed by atoms with E-state index in [2.05, 4.69) is 10.5 Å². The summed E-state index contributed by atoms with van der Waals surface area (Å²) in [5.74, 6) is 0. The minimum absolute atomic E-state index is 0.259. The molecule has 0 saturated heterocycles. The van der Waals surface area contributed by atoms with Gasteiger partial charge in [0.15, 0.2) is 0 Å². The van der Waals surface area contributed by atoms with Crippen molar-refractivity contribution >= 4 is 34.6 Å². The number of benzene rings is 1. The third-order valence-electron chi connectivity index (χ3n) is 1.84. The lowest BCUT2D eigenvalue weighted by Gasteiger charge is -2.07. The van der Waals surface area contributed by atoms with Gasteiger partial charge in [0, 0.05) is 0 Å². The average Bonchev–Trinajstić information content (AvgIpc) is 2.30. The van der Waals surface area contributed by atoms with Crippen LogP contribution in [0.4, 0.5) is 5.69 Å². The molecule has 0 heterocycles. The quantitative estimate of drug-likeness (QED) is 0.650. The third kappa shape index (κ3) is 2.64. The Kier molecular flexibility index (Phi) is 4.13. The smallest absolute Gasteiger partial charge is 0.237 e. The molecule has 80 valence electrons. The van der Waals surface area contributed by atoms with Crippen LogP contribution >= 0.6 is 23.2 Å². The Balaban J connectivity index is 3.02. The summed E-state index contributed by atoms with van der Waals surface area (Å²) in [6.45, 7) is 1.75. The van der Waals surface area contributed by atoms with Gasteiger partial charge in [0.1, 0.15) is 12.1 Å². The number of anilines is 1. The van der Waals surface area contributed by atoms with Crippen LogP contribution in [-0.4, -0.2) is 5.71 Å². The van der Waals surface area contributed by atoms with Crippen molar-refractivity contribution in [2.75, 3.05) is 5.43 Å². The Morgan fingerprint density at radius 3 is 2.50 bits per heavy atom. The van der Waals surface area contributed by atoms with Crippen molar-refractivity contribution in [1.82, 2.24) is 0 Å². The molecule has 0 atom stereocenters. The number of hydrogen-bond donors (Lipinski definition) is 1. The Bertz CT molecular complexity index is 507. The highest BCUT2D eigenvalue weighted by Gasteiger charge is 2.06. The normalized spacial score (nSPS) is 8.81. The van der Waals surface area contributed by atoms with E-state index in [4.69, 9.17) is 33.7 Å². The lowest BCUT2D eigenvalue weighted by Crippen LogP contribution is -1.98. The van der Waals surface area contributed by atoms with Gasteiger partial charge in [-0.05, 0) is 24.6 Å². The molecule has 1 aromatic carbocycles. The first-order valence-electron chi connectivity index (χ1n) is 4.18. The van der Waals surface area contributed by atoms with Crippen molar-refractivity contribution in [2.24, 2.45) is 5.10 Å². The molecule has 0 radical (unpaired) electrons. The maximum Gasteiger partial charge on any atom is 0.237 e. The first-order valence-corrected chi connectivity index (χ1v) is 4.94. The molecule has 0 bridgehead atoms. The molecule has 0 aromatic heterocycles. The average molecular weight is 253 g/mol. The fourth-order valence-electron chi connectivity index (χ4n) is 0.964. The maximum atomic E-state index is 8.48. The van der Waals surface area contributed by atoms with E-state index in [1.807, 2.05) is 0 Å². The van der Waals surface area contributed by atoms with Crippen LogP contribution in [0.1, 0.15) is 5.56 Å². The van der Waals surface area contributed by atoms with Gasteiger partial charge in [-0.2, -0.15) is 15.6 Å². The van der Waals surface area contributed by atoms with E-state index in [0.29, 0.717) is 21.3 Å². The summed E-state index contributed by atoms with van der Waals surface area (Å²) in [6, 6.07) is 6.54. The van der Waals surface area contributed by atoms with Crippen LogP contribution in [0.5, 0.6) is 0 Å². The van der Waals surface area contributed by atoms with Crippen LogP contribution in [0.25, 0.3) is 0 Å². The van der Waals surface area contributed by atoms with E-state index in [1.54, 1.807) is 31.2 Å². The van der Waals surface area contributed by atoms with Crippen LogP contribution in [-0.2, 0) is 0 Å². The number of hydrogen-bond acceptors (Lipinski definition) is 4. The van der Waals surface area contributed by atoms with Gasteiger partial charge in [-0.15, -0.1) is 0 Å². The molecular weight excluding hydrogens is 247 g/mol. The van der Waals surface area contributed by atoms with Gasteiger partial charge in [0.2, 0.25) is 5.71 Å². The number of hydrazone groups is 1. The molecular formula is C10H6Cl2N4. The molecule has 6 heteroatoms. The Labute approximate surface area is 103 Å². The van der Waals surface area contributed by atoms with Crippen molar-refractivity contribution in [3.63, 3.8) is 0 Å². The van der Waals surface area contributed by atoms with E-state index in [0.717, 1.165) is 0 Å². The van der Waals surface area contributed by atoms with Gasteiger partial charge in [-0.3, -0.25) is 5.43 Å². The zero-order valence-corrected chi connectivity index (χ0v) is 9.76. The Morgan fingerprint density at radius 2 is 1.94 bits per heavy atom. The highest BCUT2D eigenvalue weighted by Crippen LogP contribution is 2.30. The molecule has 16 heavy (non-hydrogen) atoms. The molecule has 1 aromatic rings. The van der Waals surface area contributed by atoms with Crippen LogP contribution in [0.3, 0.4) is 0 Å². The van der Waals surface area contributed by atoms with Gasteiger partial charge < -0.3 is 0 Å². The van der Waals surface area contributed by atoms with E-state index in [1.165, 1.54) is 0 Å². The van der Waals surface area contributed by atoms with Crippen molar-refractivity contribution in [1.29, 1.82) is 10.5 Å². The van der Waals surface area contributed by atoms with Crippen molar-refractivity contribution < 1.29 is 0 Å². The summed E-state index contributed by atoms with van der Waals surface area (Å²) < 4.78 is 0. The van der Waals surface area contributed by atoms with Gasteiger partial charge in [-0.1, -0.05) is 23.2 Å². The molecule has 0 saturated carbocycles. The topological polar surface area (TPSA) is 72.0 Å². The highest BCUT2D eigenvalue weighted by atomic mass is 35.5. The molecule has 0 aliphatic rings. The van der Waals surface area contributed by atoms with E-state index < -0.39 is 0 Å². The van der Waals surface area contributed by atoms with E-state index in [9.17, 15) is 0 Å². The van der Waals surface area contributed by atoms with E-state index in [-0.39, 0.29) is 5.71 Å². The molecule has 0 fully saturated rings. The maximum absolute atomic E-state index is 8.48. The monoisotopic (exact) mass is 252 g/mol. The predicted octanol–water partition coefficient (Wildman–Crippen LogP) is 3.12. The second-order valence-corrected chi connectivity index (χ2v) is 3.61. The second-order valence-electron chi connectivity index (χ2n) is 2.83. The zero-order valence-electron chi connectivity index (χ0n) is 8.25. The first kappa shape index (κ1) is 12.3. The molecule has 0 aliphatic carbocycles. The summed E-state index contributed by atoms with van der Waals surface area (Å²) in [5.41, 5.74) is 3.62. The van der Waals surface area contributed by atoms with Crippen molar-refractivity contribution in [3.8, 4) is 12.1 Å². The van der Waals surface area contributed by atoms with E-state index >= 15 is 0 Å². The van der Waals surface area contributed by atoms with Gasteiger partial charge in [-0.25, -0.2) is 0 Å². The number of nitrogens with zero attached hydrogens (tertiary/aromatic N) is 3. The molecule has 0 amide bonds. The number of nitriles is 2. The minimum atomic E-state index is -0.259. The predicted molar refractivity (Wildman–Crippen MR) is 63.5 cm³/mol. The highest BCUT2D eigenvalue weighted by molar-refractivity contribution is 6.42. The van der Waals surface area contributed by atoms with Gasteiger partial charge >= 0.3 is 0 Å². The summed E-state index contributed by atoms with van der Waals surface area (Å²) in [7, 11) is 0. The lowest BCUT2D eigenvalue weighted by atomic mass is 10.2. The summed E-state index contributed by atoms with van der Waals surface area (Å²) in [5, 5.41) is 21.4. The third-order valence-corrected chi connectivity index (χ3v) is 2.74. The standard InChI is InChI=1S/C10H6Cl2N4/c1-6-9(3-2-8(11)10(6)12)16-15-7(4-13)5-14/h2-3,16H,1H3. The SMILES string of the molecule is Cc1c(NN=C(C#N)C#N)ccc(Cl)c1Cl. The van der Waals surface area contributed by atoms with Crippen LogP contribution < -0.4 is 5.43 Å². The molecule has 0 aliphatic heterocycles. The number of nitrogens with one attached hydrogen (secondary N) is 1. The molecule has 4 nitrogen and oxygen atoms in total. The number of halogens is 2. The fraction of sp³-hybridized carbons (Fsp3) is 0.100. The largest absolute Gasteiger partial charge is 0.276 e. The Morgan fingerprint density at radius 1 is 1.31 bits per heavy atom. The molecule has 0 spiro atoms. The zero-order chi connectivity index (χ0) is 12.1.